The van der Waals surface area contributed by atoms with Gasteiger partial charge in [-0.3, -0.25) is 4.98 Å². The molecule has 1 aromatic carbocycles. The number of aliphatic imine (C=N–C) groups is 1. The Morgan fingerprint density at radius 2 is 1.72 bits per heavy atom. The lowest BCUT2D eigenvalue weighted by Crippen LogP contribution is -2.53. The average molecular weight is 503 g/mol. The van der Waals surface area contributed by atoms with Crippen LogP contribution in [0, 0.1) is 0 Å². The SMILES string of the molecule is CCNC(=NCc1nccc2ccccc12)N1CCN(c2ncccn2)CC1.I. The van der Waals surface area contributed by atoms with E-state index in [1.807, 2.05) is 24.4 Å². The molecular formula is C21H26IN7. The molecule has 8 heteroatoms. The van der Waals surface area contributed by atoms with Crippen molar-refractivity contribution < 1.29 is 0 Å². The van der Waals surface area contributed by atoms with Gasteiger partial charge in [0.1, 0.15) is 0 Å². The van der Waals surface area contributed by atoms with Crippen LogP contribution in [0.5, 0.6) is 0 Å². The molecule has 29 heavy (non-hydrogen) atoms. The van der Waals surface area contributed by atoms with E-state index in [0.29, 0.717) is 6.54 Å². The van der Waals surface area contributed by atoms with E-state index in [9.17, 15) is 0 Å². The second-order valence-corrected chi connectivity index (χ2v) is 6.67. The maximum Gasteiger partial charge on any atom is 0.225 e. The predicted octanol–water partition coefficient (Wildman–Crippen LogP) is 2.93. The van der Waals surface area contributed by atoms with Gasteiger partial charge in [-0.2, -0.15) is 0 Å². The highest BCUT2D eigenvalue weighted by atomic mass is 127. The van der Waals surface area contributed by atoms with E-state index in [1.54, 1.807) is 12.4 Å². The molecule has 3 aromatic rings. The van der Waals surface area contributed by atoms with Gasteiger partial charge in [0.15, 0.2) is 5.96 Å². The Labute approximate surface area is 188 Å². The number of aromatic nitrogens is 3. The number of fused-ring (bicyclic) bond motifs is 1. The molecule has 0 bridgehead atoms. The lowest BCUT2D eigenvalue weighted by atomic mass is 10.1. The largest absolute Gasteiger partial charge is 0.357 e. The third-order valence-electron chi connectivity index (χ3n) is 4.88. The maximum atomic E-state index is 4.87. The summed E-state index contributed by atoms with van der Waals surface area (Å²) in [5, 5.41) is 5.78. The summed E-state index contributed by atoms with van der Waals surface area (Å²) >= 11 is 0. The van der Waals surface area contributed by atoms with E-state index >= 15 is 0 Å². The summed E-state index contributed by atoms with van der Waals surface area (Å²) in [6.45, 7) is 7.01. The fourth-order valence-electron chi connectivity index (χ4n) is 3.46. The predicted molar refractivity (Wildman–Crippen MR) is 128 cm³/mol. The van der Waals surface area contributed by atoms with Crippen LogP contribution in [0.4, 0.5) is 5.95 Å². The van der Waals surface area contributed by atoms with Crippen LogP contribution >= 0.6 is 24.0 Å². The number of nitrogens with one attached hydrogen (secondary N) is 1. The van der Waals surface area contributed by atoms with Crippen LogP contribution in [0.15, 0.2) is 60.0 Å². The molecule has 0 amide bonds. The topological polar surface area (TPSA) is 69.5 Å². The van der Waals surface area contributed by atoms with Crippen LogP contribution in [0.1, 0.15) is 12.6 Å². The lowest BCUT2D eigenvalue weighted by Gasteiger charge is -2.36. The first kappa shape index (κ1) is 21.2. The number of halogens is 1. The van der Waals surface area contributed by atoms with Crippen molar-refractivity contribution in [2.75, 3.05) is 37.6 Å². The number of guanidine groups is 1. The van der Waals surface area contributed by atoms with Crippen LogP contribution in [0.2, 0.25) is 0 Å². The van der Waals surface area contributed by atoms with Crippen LogP contribution in [-0.2, 0) is 6.54 Å². The molecule has 1 aliphatic rings. The van der Waals surface area contributed by atoms with E-state index < -0.39 is 0 Å². The molecule has 3 heterocycles. The summed E-state index contributed by atoms with van der Waals surface area (Å²) in [5.74, 6) is 1.73. The Morgan fingerprint density at radius 1 is 0.966 bits per heavy atom. The Hall–Kier alpha value is -2.49. The highest BCUT2D eigenvalue weighted by molar-refractivity contribution is 14.0. The fraction of sp³-hybridized carbons (Fsp3) is 0.333. The molecule has 1 N–H and O–H groups in total. The number of nitrogens with zero attached hydrogens (tertiary/aromatic N) is 6. The molecule has 152 valence electrons. The molecular weight excluding hydrogens is 477 g/mol. The summed E-state index contributed by atoms with van der Waals surface area (Å²) < 4.78 is 0. The average Bonchev–Trinajstić information content (AvgIpc) is 2.77. The molecule has 0 aliphatic carbocycles. The Bertz CT molecular complexity index is 935. The van der Waals surface area contributed by atoms with Crippen LogP contribution < -0.4 is 10.2 Å². The van der Waals surface area contributed by atoms with Gasteiger partial charge in [-0.1, -0.05) is 24.3 Å². The minimum absolute atomic E-state index is 0. The summed E-state index contributed by atoms with van der Waals surface area (Å²) in [6.07, 6.45) is 5.44. The first-order valence-corrected chi connectivity index (χ1v) is 9.73. The van der Waals surface area contributed by atoms with E-state index in [0.717, 1.165) is 55.7 Å². The minimum atomic E-state index is 0. The molecule has 0 saturated carbocycles. The molecule has 7 nitrogen and oxygen atoms in total. The smallest absolute Gasteiger partial charge is 0.225 e. The molecule has 0 atom stereocenters. The monoisotopic (exact) mass is 503 g/mol. The summed E-state index contributed by atoms with van der Waals surface area (Å²) in [6, 6.07) is 12.2. The van der Waals surface area contributed by atoms with Gasteiger partial charge >= 0.3 is 0 Å². The highest BCUT2D eigenvalue weighted by Gasteiger charge is 2.21. The number of pyridine rings is 1. The van der Waals surface area contributed by atoms with Gasteiger partial charge in [-0.05, 0) is 24.4 Å². The quantitative estimate of drug-likeness (QED) is 0.336. The third kappa shape index (κ3) is 5.11. The maximum absolute atomic E-state index is 4.87. The number of benzene rings is 1. The van der Waals surface area contributed by atoms with Crippen molar-refractivity contribution in [1.82, 2.24) is 25.2 Å². The van der Waals surface area contributed by atoms with Crippen LogP contribution in [0.25, 0.3) is 10.8 Å². The zero-order valence-electron chi connectivity index (χ0n) is 16.5. The first-order valence-electron chi connectivity index (χ1n) is 9.73. The molecule has 2 aromatic heterocycles. The van der Waals surface area contributed by atoms with Gasteiger partial charge in [0, 0.05) is 56.7 Å². The molecule has 0 spiro atoms. The molecule has 0 radical (unpaired) electrons. The zero-order valence-corrected chi connectivity index (χ0v) is 18.9. The highest BCUT2D eigenvalue weighted by Crippen LogP contribution is 2.17. The second-order valence-electron chi connectivity index (χ2n) is 6.67. The van der Waals surface area contributed by atoms with Gasteiger partial charge in [-0.25, -0.2) is 15.0 Å². The normalized spacial score (nSPS) is 14.6. The van der Waals surface area contributed by atoms with E-state index in [4.69, 9.17) is 4.99 Å². The Morgan fingerprint density at radius 3 is 2.48 bits per heavy atom. The number of piperazine rings is 1. The van der Waals surface area contributed by atoms with Crippen LogP contribution in [0.3, 0.4) is 0 Å². The van der Waals surface area contributed by atoms with Crippen LogP contribution in [-0.4, -0.2) is 58.5 Å². The summed E-state index contributed by atoms with van der Waals surface area (Å²) in [5.41, 5.74) is 1.00. The minimum Gasteiger partial charge on any atom is -0.357 e. The molecule has 1 fully saturated rings. The second kappa shape index (κ2) is 10.3. The van der Waals surface area contributed by atoms with Crippen molar-refractivity contribution in [1.29, 1.82) is 0 Å². The Balaban J connectivity index is 0.00000240. The molecule has 4 rings (SSSR count). The van der Waals surface area contributed by atoms with Crippen molar-refractivity contribution in [3.8, 4) is 0 Å². The van der Waals surface area contributed by atoms with E-state index in [-0.39, 0.29) is 24.0 Å². The summed E-state index contributed by atoms with van der Waals surface area (Å²) in [4.78, 5) is 22.7. The summed E-state index contributed by atoms with van der Waals surface area (Å²) in [7, 11) is 0. The number of rotatable bonds is 4. The van der Waals surface area contributed by atoms with E-state index in [1.165, 1.54) is 5.39 Å². The van der Waals surface area contributed by atoms with Gasteiger partial charge in [-0.15, -0.1) is 24.0 Å². The lowest BCUT2D eigenvalue weighted by molar-refractivity contribution is 0.370. The van der Waals surface area contributed by atoms with Gasteiger partial charge in [0.25, 0.3) is 0 Å². The van der Waals surface area contributed by atoms with Gasteiger partial charge in [0.05, 0.1) is 12.2 Å². The fourth-order valence-corrected chi connectivity index (χ4v) is 3.46. The van der Waals surface area contributed by atoms with Crippen molar-refractivity contribution in [2.45, 2.75) is 13.5 Å². The van der Waals surface area contributed by atoms with Gasteiger partial charge in [0.2, 0.25) is 5.95 Å². The van der Waals surface area contributed by atoms with E-state index in [2.05, 4.69) is 55.2 Å². The standard InChI is InChI=1S/C21H25N7.HI/c1-2-22-20(26-16-19-18-7-4-3-6-17(18)8-11-23-19)27-12-14-28(15-13-27)21-24-9-5-10-25-21;/h3-11H,2,12-16H2,1H3,(H,22,26);1H. The van der Waals surface area contributed by atoms with Crippen molar-refractivity contribution in [3.63, 3.8) is 0 Å². The zero-order chi connectivity index (χ0) is 19.2. The third-order valence-corrected chi connectivity index (χ3v) is 4.88. The van der Waals surface area contributed by atoms with Crippen molar-refractivity contribution in [3.05, 3.63) is 60.7 Å². The number of hydrogen-bond acceptors (Lipinski definition) is 5. The molecule has 0 unspecified atom stereocenters. The van der Waals surface area contributed by atoms with Crippen molar-refractivity contribution in [2.24, 2.45) is 4.99 Å². The number of anilines is 1. The first-order chi connectivity index (χ1) is 13.8. The molecule has 1 aliphatic heterocycles. The van der Waals surface area contributed by atoms with Gasteiger partial charge < -0.3 is 15.1 Å². The Kier molecular flexibility index (Phi) is 7.56. The molecule has 1 saturated heterocycles. The van der Waals surface area contributed by atoms with Crippen molar-refractivity contribution >= 4 is 46.7 Å². The number of hydrogen-bond donors (Lipinski definition) is 1.